The minimum atomic E-state index is 0.197. The molecular formula is C12H18ClNO. The summed E-state index contributed by atoms with van der Waals surface area (Å²) in [5.41, 5.74) is 6.63. The first-order chi connectivity index (χ1) is 7.17. The average molecular weight is 228 g/mol. The van der Waals surface area contributed by atoms with E-state index in [9.17, 15) is 0 Å². The van der Waals surface area contributed by atoms with Gasteiger partial charge < -0.3 is 10.5 Å². The monoisotopic (exact) mass is 227 g/mol. The topological polar surface area (TPSA) is 35.2 Å². The second-order valence-electron chi connectivity index (χ2n) is 3.64. The van der Waals surface area contributed by atoms with E-state index in [4.69, 9.17) is 22.1 Å². The molecule has 0 aliphatic carbocycles. The number of halogens is 1. The lowest BCUT2D eigenvalue weighted by molar-refractivity contribution is 0.217. The van der Waals surface area contributed by atoms with E-state index in [2.05, 4.69) is 6.92 Å². The zero-order valence-corrected chi connectivity index (χ0v) is 10.1. The molecule has 0 saturated carbocycles. The van der Waals surface area contributed by atoms with Crippen molar-refractivity contribution in [2.24, 2.45) is 5.73 Å². The maximum absolute atomic E-state index is 6.10. The van der Waals surface area contributed by atoms with Crippen LogP contribution in [0.2, 0.25) is 5.02 Å². The van der Waals surface area contributed by atoms with E-state index >= 15 is 0 Å². The fourth-order valence-electron chi connectivity index (χ4n) is 1.26. The van der Waals surface area contributed by atoms with Gasteiger partial charge in [0.05, 0.1) is 11.1 Å². The molecule has 0 bridgehead atoms. The third kappa shape index (κ3) is 3.73. The minimum absolute atomic E-state index is 0.197. The molecule has 84 valence electrons. The van der Waals surface area contributed by atoms with E-state index in [1.54, 1.807) is 0 Å². The second kappa shape index (κ2) is 5.99. The Morgan fingerprint density at radius 2 is 2.20 bits per heavy atom. The highest BCUT2D eigenvalue weighted by atomic mass is 35.5. The predicted octanol–water partition coefficient (Wildman–Crippen LogP) is 3.02. The zero-order chi connectivity index (χ0) is 11.3. The van der Waals surface area contributed by atoms with Gasteiger partial charge in [-0.1, -0.05) is 24.6 Å². The molecular weight excluding hydrogens is 210 g/mol. The quantitative estimate of drug-likeness (QED) is 0.839. The van der Waals surface area contributed by atoms with Crippen molar-refractivity contribution in [3.63, 3.8) is 0 Å². The van der Waals surface area contributed by atoms with E-state index < -0.39 is 0 Å². The molecule has 2 N–H and O–H groups in total. The van der Waals surface area contributed by atoms with Crippen molar-refractivity contribution < 1.29 is 4.74 Å². The Morgan fingerprint density at radius 3 is 2.73 bits per heavy atom. The number of nitrogens with two attached hydrogens (primary N) is 1. The number of rotatable bonds is 5. The first-order valence-corrected chi connectivity index (χ1v) is 5.70. The van der Waals surface area contributed by atoms with Gasteiger partial charge in [-0.25, -0.2) is 0 Å². The number of benzene rings is 1. The summed E-state index contributed by atoms with van der Waals surface area (Å²) in [6, 6.07) is 5.85. The molecule has 3 heteroatoms. The summed E-state index contributed by atoms with van der Waals surface area (Å²) >= 11 is 6.10. The lowest BCUT2D eigenvalue weighted by Crippen LogP contribution is -2.10. The summed E-state index contributed by atoms with van der Waals surface area (Å²) in [5, 5.41) is 0.668. The molecule has 0 fully saturated rings. The number of hydrogen-bond donors (Lipinski definition) is 1. The van der Waals surface area contributed by atoms with Crippen molar-refractivity contribution in [2.45, 2.75) is 32.8 Å². The third-order valence-electron chi connectivity index (χ3n) is 2.33. The predicted molar refractivity (Wildman–Crippen MR) is 64.6 cm³/mol. The van der Waals surface area contributed by atoms with E-state index in [-0.39, 0.29) is 6.10 Å². The molecule has 1 unspecified atom stereocenters. The summed E-state index contributed by atoms with van der Waals surface area (Å²) in [5.74, 6) is 0.756. The highest BCUT2D eigenvalue weighted by molar-refractivity contribution is 6.32. The van der Waals surface area contributed by atoms with Crippen LogP contribution < -0.4 is 10.5 Å². The Kier molecular flexibility index (Phi) is 4.92. The van der Waals surface area contributed by atoms with Crippen molar-refractivity contribution in [2.75, 3.05) is 6.54 Å². The lowest BCUT2D eigenvalue weighted by Gasteiger charge is -2.14. The van der Waals surface area contributed by atoms with Crippen molar-refractivity contribution in [3.8, 4) is 5.75 Å². The van der Waals surface area contributed by atoms with Gasteiger partial charge >= 0.3 is 0 Å². The van der Waals surface area contributed by atoms with Gasteiger partial charge in [0.25, 0.3) is 0 Å². The molecule has 0 saturated heterocycles. The Balaban J connectivity index is 2.74. The first kappa shape index (κ1) is 12.3. The van der Waals surface area contributed by atoms with Crippen LogP contribution in [0.3, 0.4) is 0 Å². The van der Waals surface area contributed by atoms with Crippen LogP contribution in [-0.4, -0.2) is 12.6 Å². The molecule has 2 nitrogen and oxygen atoms in total. The summed E-state index contributed by atoms with van der Waals surface area (Å²) in [6.07, 6.45) is 2.02. The Bertz CT molecular complexity index is 314. The van der Waals surface area contributed by atoms with Crippen molar-refractivity contribution in [1.29, 1.82) is 0 Å². The third-order valence-corrected chi connectivity index (χ3v) is 2.63. The van der Waals surface area contributed by atoms with Gasteiger partial charge in [0.2, 0.25) is 0 Å². The summed E-state index contributed by atoms with van der Waals surface area (Å²) in [4.78, 5) is 0. The van der Waals surface area contributed by atoms with Gasteiger partial charge in [0, 0.05) is 0 Å². The normalized spacial score (nSPS) is 12.5. The lowest BCUT2D eigenvalue weighted by atomic mass is 10.1. The molecule has 0 aliphatic heterocycles. The van der Waals surface area contributed by atoms with Crippen LogP contribution in [0.5, 0.6) is 5.75 Å². The second-order valence-corrected chi connectivity index (χ2v) is 4.05. The van der Waals surface area contributed by atoms with Crippen LogP contribution in [-0.2, 0) is 6.42 Å². The standard InChI is InChI=1S/C12H18ClNO/c1-3-9(2)15-12-5-4-10(6-7-14)8-11(12)13/h4-5,8-9H,3,6-7,14H2,1-2H3. The van der Waals surface area contributed by atoms with Crippen LogP contribution in [0.15, 0.2) is 18.2 Å². The molecule has 1 atom stereocenters. The van der Waals surface area contributed by atoms with Gasteiger partial charge in [0.15, 0.2) is 0 Å². The van der Waals surface area contributed by atoms with Crippen molar-refractivity contribution in [1.82, 2.24) is 0 Å². The van der Waals surface area contributed by atoms with Crippen molar-refractivity contribution >= 4 is 11.6 Å². The van der Waals surface area contributed by atoms with Crippen LogP contribution >= 0.6 is 11.6 Å². The van der Waals surface area contributed by atoms with E-state index in [0.29, 0.717) is 11.6 Å². The van der Waals surface area contributed by atoms with E-state index in [0.717, 1.165) is 24.2 Å². The van der Waals surface area contributed by atoms with Gasteiger partial charge in [-0.2, -0.15) is 0 Å². The van der Waals surface area contributed by atoms with Crippen LogP contribution in [0.1, 0.15) is 25.8 Å². The molecule has 0 radical (unpaired) electrons. The number of hydrogen-bond acceptors (Lipinski definition) is 2. The molecule has 0 heterocycles. The molecule has 0 aromatic heterocycles. The SMILES string of the molecule is CCC(C)Oc1ccc(CCN)cc1Cl. The highest BCUT2D eigenvalue weighted by Crippen LogP contribution is 2.26. The van der Waals surface area contributed by atoms with Gasteiger partial charge in [-0.15, -0.1) is 0 Å². The van der Waals surface area contributed by atoms with Crippen LogP contribution in [0.4, 0.5) is 0 Å². The molecule has 1 aromatic carbocycles. The largest absolute Gasteiger partial charge is 0.489 e. The van der Waals surface area contributed by atoms with Gasteiger partial charge in [-0.05, 0) is 44.0 Å². The molecule has 0 aliphatic rings. The fourth-order valence-corrected chi connectivity index (χ4v) is 1.51. The Labute approximate surface area is 96.4 Å². The maximum atomic E-state index is 6.10. The van der Waals surface area contributed by atoms with Gasteiger partial charge in [-0.3, -0.25) is 0 Å². The zero-order valence-electron chi connectivity index (χ0n) is 9.29. The Morgan fingerprint density at radius 1 is 1.47 bits per heavy atom. The maximum Gasteiger partial charge on any atom is 0.138 e. The summed E-state index contributed by atoms with van der Waals surface area (Å²) in [6.45, 7) is 4.76. The minimum Gasteiger partial charge on any atom is -0.489 e. The highest BCUT2D eigenvalue weighted by Gasteiger charge is 2.06. The summed E-state index contributed by atoms with van der Waals surface area (Å²) in [7, 11) is 0. The van der Waals surface area contributed by atoms with E-state index in [1.807, 2.05) is 25.1 Å². The Hall–Kier alpha value is -0.730. The van der Waals surface area contributed by atoms with Crippen LogP contribution in [0, 0.1) is 0 Å². The molecule has 0 amide bonds. The molecule has 1 rings (SSSR count). The molecule has 15 heavy (non-hydrogen) atoms. The number of ether oxygens (including phenoxy) is 1. The van der Waals surface area contributed by atoms with Crippen molar-refractivity contribution in [3.05, 3.63) is 28.8 Å². The van der Waals surface area contributed by atoms with Gasteiger partial charge in [0.1, 0.15) is 5.75 Å². The van der Waals surface area contributed by atoms with Crippen LogP contribution in [0.25, 0.3) is 0 Å². The average Bonchev–Trinajstić information content (AvgIpc) is 2.22. The smallest absolute Gasteiger partial charge is 0.138 e. The molecule has 1 aromatic rings. The molecule has 0 spiro atoms. The summed E-state index contributed by atoms with van der Waals surface area (Å²) < 4.78 is 5.66. The first-order valence-electron chi connectivity index (χ1n) is 5.32. The fraction of sp³-hybridized carbons (Fsp3) is 0.500. The van der Waals surface area contributed by atoms with E-state index in [1.165, 1.54) is 0 Å².